The van der Waals surface area contributed by atoms with Gasteiger partial charge < -0.3 is 19.9 Å². The Bertz CT molecular complexity index is 969. The second kappa shape index (κ2) is 6.73. The van der Waals surface area contributed by atoms with Gasteiger partial charge in [0.15, 0.2) is 16.9 Å². The number of nitrogens with one attached hydrogen (secondary N) is 1. The molecule has 0 radical (unpaired) electrons. The van der Waals surface area contributed by atoms with Gasteiger partial charge in [-0.1, -0.05) is 29.3 Å². The van der Waals surface area contributed by atoms with E-state index in [1.165, 1.54) is 18.2 Å². The van der Waals surface area contributed by atoms with E-state index < -0.39 is 11.2 Å². The van der Waals surface area contributed by atoms with E-state index >= 15 is 0 Å². The fraction of sp³-hybridized carbons (Fsp3) is 0.118. The molecule has 0 aliphatic carbocycles. The van der Waals surface area contributed by atoms with Crippen LogP contribution in [0.1, 0.15) is 11.3 Å². The Morgan fingerprint density at radius 1 is 1.04 bits per heavy atom. The van der Waals surface area contributed by atoms with Crippen molar-refractivity contribution in [2.45, 2.75) is 13.1 Å². The minimum atomic E-state index is -0.478. The maximum Gasteiger partial charge on any atom is 0.196 e. The minimum absolute atomic E-state index is 0.0421. The van der Waals surface area contributed by atoms with E-state index in [9.17, 15) is 15.0 Å². The number of benzene rings is 2. The van der Waals surface area contributed by atoms with Crippen molar-refractivity contribution in [3.63, 3.8) is 0 Å². The number of phenolic OH excluding ortho intramolecular Hbond substituents is 2. The van der Waals surface area contributed by atoms with Crippen molar-refractivity contribution in [1.29, 1.82) is 0 Å². The molecule has 0 atom stereocenters. The first-order valence-electron chi connectivity index (χ1n) is 7.08. The van der Waals surface area contributed by atoms with Gasteiger partial charge in [0.25, 0.3) is 0 Å². The molecule has 24 heavy (non-hydrogen) atoms. The SMILES string of the molecule is O=c1cc(CNCc2ccc(Cl)cc2Cl)oc2ccc(O)c(O)c12. The number of halogens is 2. The maximum absolute atomic E-state index is 12.1. The molecule has 3 N–H and O–H groups in total. The van der Waals surface area contributed by atoms with E-state index in [4.69, 9.17) is 27.6 Å². The fourth-order valence-electron chi connectivity index (χ4n) is 2.35. The van der Waals surface area contributed by atoms with Crippen LogP contribution in [0.5, 0.6) is 11.5 Å². The third-order valence-electron chi connectivity index (χ3n) is 3.53. The van der Waals surface area contributed by atoms with Crippen LogP contribution in [-0.4, -0.2) is 10.2 Å². The van der Waals surface area contributed by atoms with Crippen LogP contribution in [0, 0.1) is 0 Å². The Balaban J connectivity index is 1.79. The van der Waals surface area contributed by atoms with E-state index in [0.29, 0.717) is 28.9 Å². The van der Waals surface area contributed by atoms with Crippen LogP contribution < -0.4 is 10.7 Å². The zero-order valence-electron chi connectivity index (χ0n) is 12.3. The van der Waals surface area contributed by atoms with Crippen molar-refractivity contribution in [1.82, 2.24) is 5.32 Å². The van der Waals surface area contributed by atoms with E-state index in [-0.39, 0.29) is 16.7 Å². The summed E-state index contributed by atoms with van der Waals surface area (Å²) in [7, 11) is 0. The predicted octanol–water partition coefficient (Wildman–Crippen LogP) is 3.80. The summed E-state index contributed by atoms with van der Waals surface area (Å²) < 4.78 is 5.58. The van der Waals surface area contributed by atoms with Gasteiger partial charge in [-0.2, -0.15) is 0 Å². The van der Waals surface area contributed by atoms with Crippen LogP contribution in [0.2, 0.25) is 10.0 Å². The third kappa shape index (κ3) is 3.33. The highest BCUT2D eigenvalue weighted by Gasteiger charge is 2.12. The first-order valence-corrected chi connectivity index (χ1v) is 7.83. The Hall–Kier alpha value is -2.21. The van der Waals surface area contributed by atoms with Crippen LogP contribution in [0.4, 0.5) is 0 Å². The second-order valence-electron chi connectivity index (χ2n) is 5.22. The number of aromatic hydroxyl groups is 2. The molecule has 0 amide bonds. The zero-order chi connectivity index (χ0) is 17.3. The Kier molecular flexibility index (Phi) is 4.66. The van der Waals surface area contributed by atoms with Crippen molar-refractivity contribution in [3.05, 3.63) is 68.0 Å². The second-order valence-corrected chi connectivity index (χ2v) is 6.07. The predicted molar refractivity (Wildman–Crippen MR) is 92.8 cm³/mol. The molecule has 0 saturated heterocycles. The van der Waals surface area contributed by atoms with Gasteiger partial charge in [-0.25, -0.2) is 0 Å². The number of hydrogen-bond donors (Lipinski definition) is 3. The summed E-state index contributed by atoms with van der Waals surface area (Å²) in [6.07, 6.45) is 0. The molecule has 0 bridgehead atoms. The highest BCUT2D eigenvalue weighted by atomic mass is 35.5. The highest BCUT2D eigenvalue weighted by Crippen LogP contribution is 2.31. The monoisotopic (exact) mass is 365 g/mol. The summed E-state index contributed by atoms with van der Waals surface area (Å²) in [5, 5.41) is 23.4. The lowest BCUT2D eigenvalue weighted by Gasteiger charge is -2.08. The highest BCUT2D eigenvalue weighted by molar-refractivity contribution is 6.35. The van der Waals surface area contributed by atoms with Crippen LogP contribution in [0.3, 0.4) is 0 Å². The molecule has 0 fully saturated rings. The molecular weight excluding hydrogens is 353 g/mol. The van der Waals surface area contributed by atoms with Crippen LogP contribution in [0.15, 0.2) is 45.6 Å². The number of phenols is 2. The zero-order valence-corrected chi connectivity index (χ0v) is 13.9. The molecule has 3 aromatic rings. The summed E-state index contributed by atoms with van der Waals surface area (Å²) in [4.78, 5) is 12.1. The van der Waals surface area contributed by atoms with Crippen molar-refractivity contribution >= 4 is 34.2 Å². The Morgan fingerprint density at radius 3 is 2.58 bits per heavy atom. The van der Waals surface area contributed by atoms with Crippen LogP contribution >= 0.6 is 23.2 Å². The average molecular weight is 366 g/mol. The normalized spacial score (nSPS) is 11.1. The topological polar surface area (TPSA) is 82.7 Å². The average Bonchev–Trinajstić information content (AvgIpc) is 2.53. The molecule has 1 heterocycles. The molecule has 2 aromatic carbocycles. The smallest absolute Gasteiger partial charge is 0.196 e. The van der Waals surface area contributed by atoms with Gasteiger partial charge in [0, 0.05) is 22.7 Å². The molecule has 0 spiro atoms. The summed E-state index contributed by atoms with van der Waals surface area (Å²) in [6.45, 7) is 0.768. The number of fused-ring (bicyclic) bond motifs is 1. The van der Waals surface area contributed by atoms with Crippen molar-refractivity contribution in [2.75, 3.05) is 0 Å². The summed E-state index contributed by atoms with van der Waals surface area (Å²) >= 11 is 11.9. The van der Waals surface area contributed by atoms with E-state index in [1.54, 1.807) is 12.1 Å². The maximum atomic E-state index is 12.1. The largest absolute Gasteiger partial charge is 0.504 e. The van der Waals surface area contributed by atoms with E-state index in [2.05, 4.69) is 5.32 Å². The summed E-state index contributed by atoms with van der Waals surface area (Å²) in [5.41, 5.74) is 0.650. The molecule has 0 saturated carbocycles. The van der Waals surface area contributed by atoms with Gasteiger partial charge in [0.2, 0.25) is 0 Å². The molecule has 3 rings (SSSR count). The molecule has 1 aromatic heterocycles. The third-order valence-corrected chi connectivity index (χ3v) is 4.11. The molecule has 7 heteroatoms. The van der Waals surface area contributed by atoms with Gasteiger partial charge in [0.1, 0.15) is 16.7 Å². The van der Waals surface area contributed by atoms with Gasteiger partial charge in [0.05, 0.1) is 6.54 Å². The molecule has 0 aliphatic rings. The lowest BCUT2D eigenvalue weighted by Crippen LogP contribution is -2.14. The van der Waals surface area contributed by atoms with Crippen LogP contribution in [-0.2, 0) is 13.1 Å². The number of hydrogen-bond acceptors (Lipinski definition) is 5. The first kappa shape index (κ1) is 16.6. The van der Waals surface area contributed by atoms with E-state index in [1.807, 2.05) is 6.07 Å². The molecular formula is C17H13Cl2NO4. The van der Waals surface area contributed by atoms with Crippen molar-refractivity contribution in [3.8, 4) is 11.5 Å². The van der Waals surface area contributed by atoms with Gasteiger partial charge in [-0.05, 0) is 29.8 Å². The summed E-state index contributed by atoms with van der Waals surface area (Å²) in [6, 6.07) is 9.20. The molecule has 5 nitrogen and oxygen atoms in total. The van der Waals surface area contributed by atoms with Crippen molar-refractivity contribution < 1.29 is 14.6 Å². The molecule has 0 aliphatic heterocycles. The first-order chi connectivity index (χ1) is 11.5. The molecule has 124 valence electrons. The Morgan fingerprint density at radius 2 is 1.83 bits per heavy atom. The lowest BCUT2D eigenvalue weighted by molar-refractivity contribution is 0.406. The molecule has 0 unspecified atom stereocenters. The van der Waals surface area contributed by atoms with E-state index in [0.717, 1.165) is 5.56 Å². The minimum Gasteiger partial charge on any atom is -0.504 e. The van der Waals surface area contributed by atoms with Gasteiger partial charge in [-0.3, -0.25) is 4.79 Å². The van der Waals surface area contributed by atoms with Crippen molar-refractivity contribution in [2.24, 2.45) is 0 Å². The van der Waals surface area contributed by atoms with Gasteiger partial charge >= 0.3 is 0 Å². The quantitative estimate of drug-likeness (QED) is 0.612. The fourth-order valence-corrected chi connectivity index (χ4v) is 2.82. The number of rotatable bonds is 4. The van der Waals surface area contributed by atoms with Crippen LogP contribution in [0.25, 0.3) is 11.0 Å². The standard InChI is InChI=1S/C17H13Cl2NO4/c18-10-2-1-9(12(19)5-10)7-20-8-11-6-14(22)16-15(24-11)4-3-13(21)17(16)23/h1-6,20-21,23H,7-8H2. The summed E-state index contributed by atoms with van der Waals surface area (Å²) in [5.74, 6) is -0.436. The lowest BCUT2D eigenvalue weighted by atomic mass is 10.2. The van der Waals surface area contributed by atoms with Gasteiger partial charge in [-0.15, -0.1) is 0 Å². The Labute approximate surface area is 147 Å².